The molecule has 1 aromatic rings. The first-order valence-electron chi connectivity index (χ1n) is 10.9. The Labute approximate surface area is 188 Å². The van der Waals surface area contributed by atoms with E-state index < -0.39 is 12.0 Å². The lowest BCUT2D eigenvalue weighted by atomic mass is 10.1. The average molecular weight is 446 g/mol. The smallest absolute Gasteiger partial charge is 0.344 e. The van der Waals surface area contributed by atoms with Gasteiger partial charge in [0.05, 0.1) is 24.8 Å². The molecule has 1 fully saturated rings. The van der Waals surface area contributed by atoms with Crippen LogP contribution >= 0.6 is 0 Å². The molecule has 1 amide bonds. The third-order valence-corrected chi connectivity index (χ3v) is 5.10. The normalized spacial score (nSPS) is 15.4. The second kappa shape index (κ2) is 13.5. The number of esters is 1. The van der Waals surface area contributed by atoms with Crippen molar-refractivity contribution in [2.75, 3.05) is 39.5 Å². The molecule has 1 atom stereocenters. The number of ketones is 1. The second-order valence-electron chi connectivity index (χ2n) is 7.53. The number of hydrogen-bond acceptors (Lipinski definition) is 8. The summed E-state index contributed by atoms with van der Waals surface area (Å²) in [5, 5.41) is 11.3. The average Bonchev–Trinajstić information content (AvgIpc) is 2.80. The first kappa shape index (κ1) is 25.3. The molecule has 0 aliphatic carbocycles. The molecule has 0 saturated carbocycles. The van der Waals surface area contributed by atoms with Gasteiger partial charge in [0.25, 0.3) is 0 Å². The number of hydrogen-bond donors (Lipinski definition) is 1. The molecular weight excluding hydrogens is 414 g/mol. The van der Waals surface area contributed by atoms with Crippen LogP contribution in [0.1, 0.15) is 43.5 Å². The molecule has 1 N–H and O–H groups in total. The monoisotopic (exact) mass is 445 g/mol. The minimum atomic E-state index is -0.703. The number of ether oxygens (including phenoxy) is 3. The fourth-order valence-corrected chi connectivity index (χ4v) is 3.36. The number of Topliss-reactive ketones (excluding diaryl/α,β-unsaturated/α-hetero) is 1. The van der Waals surface area contributed by atoms with E-state index in [0.29, 0.717) is 17.7 Å². The number of nitriles is 1. The van der Waals surface area contributed by atoms with Crippen LogP contribution in [0.3, 0.4) is 0 Å². The number of carbonyl (C=O) groups excluding carboxylic acids is 3. The predicted molar refractivity (Wildman–Crippen MR) is 116 cm³/mol. The number of likely N-dealkylation sites (tertiary alicyclic amines) is 1. The van der Waals surface area contributed by atoms with Crippen LogP contribution in [0.15, 0.2) is 24.3 Å². The van der Waals surface area contributed by atoms with E-state index in [0.717, 1.165) is 32.5 Å². The molecule has 0 unspecified atom stereocenters. The van der Waals surface area contributed by atoms with Crippen LogP contribution in [0.4, 0.5) is 0 Å². The van der Waals surface area contributed by atoms with Gasteiger partial charge in [0.15, 0.2) is 12.4 Å². The van der Waals surface area contributed by atoms with Crippen LogP contribution < -0.4 is 10.1 Å². The van der Waals surface area contributed by atoms with Gasteiger partial charge < -0.3 is 24.4 Å². The van der Waals surface area contributed by atoms with Crippen molar-refractivity contribution >= 4 is 17.7 Å². The summed E-state index contributed by atoms with van der Waals surface area (Å²) < 4.78 is 15.8. The Morgan fingerprint density at radius 3 is 2.50 bits per heavy atom. The number of rotatable bonds is 12. The van der Waals surface area contributed by atoms with E-state index in [1.807, 2.05) is 0 Å². The number of nitrogens with zero attached hydrogens (tertiary/aromatic N) is 2. The standard InChI is InChI=1S/C23H31N3O6/c1-3-30-22(28)16-32-19-7-5-18(6-8-19)23(29)17(2)25-21(27)15-31-20-9-13-26(14-10-20)12-4-11-24/h5-8,17,20H,3-4,9-10,12-16H2,1-2H3,(H,25,27)/t17-/m0/s1. The molecule has 9 heteroatoms. The van der Waals surface area contributed by atoms with Crippen LogP contribution in [0.5, 0.6) is 5.75 Å². The van der Waals surface area contributed by atoms with Crippen molar-refractivity contribution in [3.05, 3.63) is 29.8 Å². The molecule has 9 nitrogen and oxygen atoms in total. The van der Waals surface area contributed by atoms with Gasteiger partial charge >= 0.3 is 5.97 Å². The zero-order valence-corrected chi connectivity index (χ0v) is 18.7. The van der Waals surface area contributed by atoms with E-state index in [9.17, 15) is 14.4 Å². The Hall–Kier alpha value is -2.96. The molecule has 0 spiro atoms. The van der Waals surface area contributed by atoms with Crippen molar-refractivity contribution in [2.45, 2.75) is 45.3 Å². The lowest BCUT2D eigenvalue weighted by Crippen LogP contribution is -2.42. The van der Waals surface area contributed by atoms with Crippen molar-refractivity contribution in [1.82, 2.24) is 10.2 Å². The molecule has 2 rings (SSSR count). The number of carbonyl (C=O) groups is 3. The molecule has 174 valence electrons. The Morgan fingerprint density at radius 1 is 1.19 bits per heavy atom. The third-order valence-electron chi connectivity index (χ3n) is 5.10. The first-order chi connectivity index (χ1) is 15.4. The van der Waals surface area contributed by atoms with Crippen molar-refractivity contribution in [3.63, 3.8) is 0 Å². The Morgan fingerprint density at radius 2 is 1.88 bits per heavy atom. The lowest BCUT2D eigenvalue weighted by molar-refractivity contribution is -0.145. The predicted octanol–water partition coefficient (Wildman–Crippen LogP) is 1.71. The van der Waals surface area contributed by atoms with Crippen LogP contribution in [0.25, 0.3) is 0 Å². The highest BCUT2D eigenvalue weighted by molar-refractivity contribution is 6.01. The van der Waals surface area contributed by atoms with Crippen LogP contribution in [-0.2, 0) is 19.1 Å². The quantitative estimate of drug-likeness (QED) is 0.382. The molecule has 1 aromatic carbocycles. The van der Waals surface area contributed by atoms with E-state index in [1.54, 1.807) is 38.1 Å². The van der Waals surface area contributed by atoms with E-state index in [1.165, 1.54) is 0 Å². The molecule has 1 aliphatic rings. The summed E-state index contributed by atoms with van der Waals surface area (Å²) in [7, 11) is 0. The summed E-state index contributed by atoms with van der Waals surface area (Å²) in [4.78, 5) is 38.3. The Balaban J connectivity index is 1.71. The highest BCUT2D eigenvalue weighted by Gasteiger charge is 2.22. The largest absolute Gasteiger partial charge is 0.482 e. The topological polar surface area (TPSA) is 118 Å². The summed E-state index contributed by atoms with van der Waals surface area (Å²) in [6.45, 7) is 5.79. The maximum atomic E-state index is 12.6. The number of benzene rings is 1. The molecule has 1 heterocycles. The van der Waals surface area contributed by atoms with Crippen molar-refractivity contribution in [1.29, 1.82) is 5.26 Å². The van der Waals surface area contributed by atoms with Gasteiger partial charge in [-0.3, -0.25) is 9.59 Å². The van der Waals surface area contributed by atoms with E-state index in [4.69, 9.17) is 19.5 Å². The molecule has 0 aromatic heterocycles. The van der Waals surface area contributed by atoms with Gasteiger partial charge in [0.1, 0.15) is 12.4 Å². The minimum absolute atomic E-state index is 0.00671. The van der Waals surface area contributed by atoms with Gasteiger partial charge in [-0.2, -0.15) is 5.26 Å². The molecular formula is C23H31N3O6. The fraction of sp³-hybridized carbons (Fsp3) is 0.565. The molecule has 1 aliphatic heterocycles. The minimum Gasteiger partial charge on any atom is -0.482 e. The molecule has 0 bridgehead atoms. The molecule has 1 saturated heterocycles. The van der Waals surface area contributed by atoms with Crippen LogP contribution in [0.2, 0.25) is 0 Å². The highest BCUT2D eigenvalue weighted by atomic mass is 16.6. The maximum absolute atomic E-state index is 12.6. The van der Waals surface area contributed by atoms with Gasteiger partial charge in [-0.15, -0.1) is 0 Å². The summed E-state index contributed by atoms with van der Waals surface area (Å²) in [6, 6.07) is 7.79. The molecule has 0 radical (unpaired) electrons. The van der Waals surface area contributed by atoms with E-state index in [2.05, 4.69) is 16.3 Å². The van der Waals surface area contributed by atoms with E-state index >= 15 is 0 Å². The van der Waals surface area contributed by atoms with E-state index in [-0.39, 0.29) is 37.6 Å². The van der Waals surface area contributed by atoms with Crippen molar-refractivity contribution in [3.8, 4) is 11.8 Å². The van der Waals surface area contributed by atoms with Gasteiger partial charge in [-0.05, 0) is 51.0 Å². The van der Waals surface area contributed by atoms with Crippen molar-refractivity contribution < 1.29 is 28.6 Å². The summed E-state index contributed by atoms with van der Waals surface area (Å²) in [5.41, 5.74) is 0.423. The summed E-state index contributed by atoms with van der Waals surface area (Å²) in [6.07, 6.45) is 2.16. The second-order valence-corrected chi connectivity index (χ2v) is 7.53. The van der Waals surface area contributed by atoms with Crippen LogP contribution in [0, 0.1) is 11.3 Å². The summed E-state index contributed by atoms with van der Waals surface area (Å²) >= 11 is 0. The van der Waals surface area contributed by atoms with Crippen molar-refractivity contribution in [2.24, 2.45) is 0 Å². The fourth-order valence-electron chi connectivity index (χ4n) is 3.36. The third kappa shape index (κ3) is 8.65. The maximum Gasteiger partial charge on any atom is 0.344 e. The van der Waals surface area contributed by atoms with Gasteiger partial charge in [0.2, 0.25) is 5.91 Å². The first-order valence-corrected chi connectivity index (χ1v) is 10.9. The zero-order valence-electron chi connectivity index (χ0n) is 18.7. The Bertz CT molecular complexity index is 797. The number of nitrogens with one attached hydrogen (secondary N) is 1. The summed E-state index contributed by atoms with van der Waals surface area (Å²) in [5.74, 6) is -0.595. The van der Waals surface area contributed by atoms with Gasteiger partial charge in [-0.25, -0.2) is 4.79 Å². The number of amides is 1. The highest BCUT2D eigenvalue weighted by Crippen LogP contribution is 2.15. The van der Waals surface area contributed by atoms with Gasteiger partial charge in [-0.1, -0.05) is 0 Å². The Kier molecular flexibility index (Phi) is 10.6. The lowest BCUT2D eigenvalue weighted by Gasteiger charge is -2.31. The van der Waals surface area contributed by atoms with Gasteiger partial charge in [0, 0.05) is 31.6 Å². The zero-order chi connectivity index (χ0) is 23.3. The molecule has 32 heavy (non-hydrogen) atoms. The van der Waals surface area contributed by atoms with Crippen LogP contribution in [-0.4, -0.2) is 74.2 Å². The SMILES string of the molecule is CCOC(=O)COc1ccc(C(=O)[C@H](C)NC(=O)COC2CCN(CCC#N)CC2)cc1. The number of piperidine rings is 1.